The largest absolute Gasteiger partial charge is 0.463 e. The fourth-order valence-corrected chi connectivity index (χ4v) is 1.37. The quantitative estimate of drug-likeness (QED) is 0.735. The van der Waals surface area contributed by atoms with Gasteiger partial charge in [-0.3, -0.25) is 0 Å². The van der Waals surface area contributed by atoms with Crippen LogP contribution in [0.5, 0.6) is 0 Å². The molecule has 0 spiro atoms. The van der Waals surface area contributed by atoms with E-state index in [0.717, 1.165) is 16.5 Å². The van der Waals surface area contributed by atoms with Gasteiger partial charge in [0.2, 0.25) is 0 Å². The summed E-state index contributed by atoms with van der Waals surface area (Å²) in [6.45, 7) is 0.522. The van der Waals surface area contributed by atoms with Crippen molar-refractivity contribution in [2.75, 3.05) is 0 Å². The Morgan fingerprint density at radius 2 is 2.25 bits per heavy atom. The summed E-state index contributed by atoms with van der Waals surface area (Å²) in [7, 11) is 0. The van der Waals surface area contributed by atoms with E-state index in [0.29, 0.717) is 11.6 Å². The van der Waals surface area contributed by atoms with Crippen molar-refractivity contribution in [3.8, 4) is 0 Å². The van der Waals surface area contributed by atoms with Gasteiger partial charge >= 0.3 is 0 Å². The molecule has 0 amide bonds. The molecule has 62 valence electrons. The van der Waals surface area contributed by atoms with Gasteiger partial charge < -0.3 is 10.2 Å². The Morgan fingerprint density at radius 3 is 3.00 bits per heavy atom. The van der Waals surface area contributed by atoms with Gasteiger partial charge in [0.05, 0.1) is 5.02 Å². The van der Waals surface area contributed by atoms with Gasteiger partial charge in [-0.25, -0.2) is 0 Å². The van der Waals surface area contributed by atoms with Crippen LogP contribution in [0.25, 0.3) is 11.0 Å². The predicted octanol–water partition coefficient (Wildman–Crippen LogP) is 2.54. The van der Waals surface area contributed by atoms with E-state index in [1.807, 2.05) is 18.2 Å². The Hall–Kier alpha value is -0.990. The van der Waals surface area contributed by atoms with Crippen LogP contribution in [0.15, 0.2) is 28.9 Å². The summed E-state index contributed by atoms with van der Waals surface area (Å²) in [5.41, 5.74) is 7.32. The van der Waals surface area contributed by atoms with Crippen LogP contribution in [0.4, 0.5) is 0 Å². The third kappa shape index (κ3) is 1.09. The van der Waals surface area contributed by atoms with Crippen molar-refractivity contribution in [2.45, 2.75) is 6.54 Å². The van der Waals surface area contributed by atoms with Gasteiger partial charge in [-0.1, -0.05) is 17.7 Å². The fourth-order valence-electron chi connectivity index (χ4n) is 1.17. The first-order valence-corrected chi connectivity index (χ1v) is 4.05. The molecule has 0 radical (unpaired) electrons. The molecule has 3 heteroatoms. The van der Waals surface area contributed by atoms with Crippen LogP contribution in [0.1, 0.15) is 5.56 Å². The molecule has 0 saturated carbocycles. The highest BCUT2D eigenvalue weighted by Crippen LogP contribution is 2.25. The van der Waals surface area contributed by atoms with Gasteiger partial charge in [-0.2, -0.15) is 0 Å². The van der Waals surface area contributed by atoms with E-state index >= 15 is 0 Å². The van der Waals surface area contributed by atoms with Crippen LogP contribution in [0.2, 0.25) is 5.02 Å². The molecule has 0 aliphatic carbocycles. The monoisotopic (exact) mass is 181 g/mol. The Morgan fingerprint density at radius 1 is 1.42 bits per heavy atom. The normalized spacial score (nSPS) is 10.8. The molecule has 2 rings (SSSR count). The highest BCUT2D eigenvalue weighted by atomic mass is 35.5. The molecule has 0 bridgehead atoms. The van der Waals surface area contributed by atoms with Gasteiger partial charge in [0.15, 0.2) is 0 Å². The minimum atomic E-state index is 0.522. The first-order chi connectivity index (χ1) is 5.81. The molecular formula is C9H8ClNO. The third-order valence-electron chi connectivity index (χ3n) is 1.83. The van der Waals surface area contributed by atoms with Gasteiger partial charge in [0, 0.05) is 11.9 Å². The van der Waals surface area contributed by atoms with Crippen molar-refractivity contribution in [3.63, 3.8) is 0 Å². The molecule has 0 aliphatic heterocycles. The van der Waals surface area contributed by atoms with Gasteiger partial charge in [0.25, 0.3) is 0 Å². The van der Waals surface area contributed by atoms with E-state index in [9.17, 15) is 0 Å². The average Bonchev–Trinajstić information content (AvgIpc) is 2.47. The third-order valence-corrected chi connectivity index (χ3v) is 2.12. The van der Waals surface area contributed by atoms with Crippen molar-refractivity contribution in [3.05, 3.63) is 35.0 Å². The predicted molar refractivity (Wildman–Crippen MR) is 49.1 cm³/mol. The Labute approximate surface area is 74.9 Å². The zero-order valence-electron chi connectivity index (χ0n) is 6.38. The molecule has 1 heterocycles. The lowest BCUT2D eigenvalue weighted by Crippen LogP contribution is -1.94. The van der Waals surface area contributed by atoms with Crippen LogP contribution < -0.4 is 5.73 Å². The average molecular weight is 182 g/mol. The zero-order valence-corrected chi connectivity index (χ0v) is 7.14. The summed E-state index contributed by atoms with van der Waals surface area (Å²) >= 11 is 5.84. The molecule has 0 atom stereocenters. The van der Waals surface area contributed by atoms with Crippen LogP contribution in [-0.2, 0) is 6.54 Å². The maximum atomic E-state index is 5.84. The molecule has 0 fully saturated rings. The van der Waals surface area contributed by atoms with E-state index in [4.69, 9.17) is 21.8 Å². The lowest BCUT2D eigenvalue weighted by molar-refractivity contribution is 0.615. The second-order valence-electron chi connectivity index (χ2n) is 2.62. The second-order valence-corrected chi connectivity index (χ2v) is 3.03. The lowest BCUT2D eigenvalue weighted by Gasteiger charge is -1.94. The van der Waals surface area contributed by atoms with Crippen molar-refractivity contribution in [1.29, 1.82) is 0 Å². The standard InChI is InChI=1S/C9H8ClNO/c10-8-5-12-9-3-6(4-11)1-2-7(8)9/h1-3,5H,4,11H2. The SMILES string of the molecule is NCc1ccc2c(Cl)coc2c1. The molecule has 2 N–H and O–H groups in total. The summed E-state index contributed by atoms with van der Waals surface area (Å²) in [5, 5.41) is 1.59. The molecule has 2 aromatic rings. The highest BCUT2D eigenvalue weighted by molar-refractivity contribution is 6.35. The minimum absolute atomic E-state index is 0.522. The Balaban J connectivity index is 2.69. The Kier molecular flexibility index (Phi) is 1.79. The lowest BCUT2D eigenvalue weighted by atomic mass is 10.2. The number of hydrogen-bond acceptors (Lipinski definition) is 2. The van der Waals surface area contributed by atoms with Gasteiger partial charge in [-0.05, 0) is 17.7 Å². The van der Waals surface area contributed by atoms with E-state index in [1.54, 1.807) is 0 Å². The number of hydrogen-bond donors (Lipinski definition) is 1. The second kappa shape index (κ2) is 2.81. The van der Waals surface area contributed by atoms with E-state index in [2.05, 4.69) is 0 Å². The highest BCUT2D eigenvalue weighted by Gasteiger charge is 2.02. The summed E-state index contributed by atoms with van der Waals surface area (Å²) in [6, 6.07) is 5.77. The molecule has 1 aromatic heterocycles. The summed E-state index contributed by atoms with van der Waals surface area (Å²) < 4.78 is 5.20. The molecule has 0 saturated heterocycles. The van der Waals surface area contributed by atoms with Crippen molar-refractivity contribution in [2.24, 2.45) is 5.73 Å². The number of fused-ring (bicyclic) bond motifs is 1. The van der Waals surface area contributed by atoms with Gasteiger partial charge in [0.1, 0.15) is 11.8 Å². The van der Waals surface area contributed by atoms with Crippen molar-refractivity contribution >= 4 is 22.6 Å². The number of furan rings is 1. The first-order valence-electron chi connectivity index (χ1n) is 3.67. The fraction of sp³-hybridized carbons (Fsp3) is 0.111. The van der Waals surface area contributed by atoms with E-state index in [1.165, 1.54) is 6.26 Å². The van der Waals surface area contributed by atoms with Crippen LogP contribution >= 0.6 is 11.6 Å². The smallest absolute Gasteiger partial charge is 0.135 e. The van der Waals surface area contributed by atoms with Crippen LogP contribution in [0.3, 0.4) is 0 Å². The number of benzene rings is 1. The number of nitrogens with two attached hydrogens (primary N) is 1. The number of rotatable bonds is 1. The topological polar surface area (TPSA) is 39.2 Å². The van der Waals surface area contributed by atoms with Gasteiger partial charge in [-0.15, -0.1) is 0 Å². The first kappa shape index (κ1) is 7.65. The van der Waals surface area contributed by atoms with Crippen LogP contribution in [-0.4, -0.2) is 0 Å². The molecule has 0 aliphatic rings. The van der Waals surface area contributed by atoms with Crippen molar-refractivity contribution < 1.29 is 4.42 Å². The maximum Gasteiger partial charge on any atom is 0.135 e. The number of halogens is 1. The van der Waals surface area contributed by atoms with E-state index < -0.39 is 0 Å². The summed E-state index contributed by atoms with van der Waals surface area (Å²) in [5.74, 6) is 0. The van der Waals surface area contributed by atoms with Crippen LogP contribution in [0, 0.1) is 0 Å². The van der Waals surface area contributed by atoms with E-state index in [-0.39, 0.29) is 0 Å². The Bertz CT molecular complexity index is 408. The minimum Gasteiger partial charge on any atom is -0.463 e. The summed E-state index contributed by atoms with van der Waals surface area (Å²) in [4.78, 5) is 0. The molecule has 2 nitrogen and oxygen atoms in total. The molecule has 0 unspecified atom stereocenters. The van der Waals surface area contributed by atoms with Crippen molar-refractivity contribution in [1.82, 2.24) is 0 Å². The zero-order chi connectivity index (χ0) is 8.55. The maximum absolute atomic E-state index is 5.84. The molecular weight excluding hydrogens is 174 g/mol. The molecule has 12 heavy (non-hydrogen) atoms. The molecule has 1 aromatic carbocycles. The summed E-state index contributed by atoms with van der Waals surface area (Å²) in [6.07, 6.45) is 1.53.